The molecular formula is C19H8Cl2N2O2S2. The second-order valence-electron chi connectivity index (χ2n) is 5.45. The summed E-state index contributed by atoms with van der Waals surface area (Å²) in [6.45, 7) is 0. The standard InChI is InChI=1S/C19H8Cl2N2O2S2/c20-14-2-1-3-15(21)13(14)5-4-10-8-22-9-11-6-12(25-17(10)11)7-16-18(24)23-19(26)27-16/h1-3,6-9H,(H,23,24,26)/b16-7+. The summed E-state index contributed by atoms with van der Waals surface area (Å²) in [6.07, 6.45) is 4.91. The SMILES string of the molecule is O=C1NC(=S)S/C1=C/c1cc2cncc(C#Cc3c(Cl)cccc3Cl)c2o1. The van der Waals surface area contributed by atoms with E-state index in [-0.39, 0.29) is 5.91 Å². The van der Waals surface area contributed by atoms with Gasteiger partial charge < -0.3 is 9.73 Å². The third-order valence-corrected chi connectivity index (χ3v) is 5.43. The van der Waals surface area contributed by atoms with Crippen molar-refractivity contribution in [3.63, 3.8) is 0 Å². The summed E-state index contributed by atoms with van der Waals surface area (Å²) in [5.74, 6) is 6.25. The van der Waals surface area contributed by atoms with E-state index in [1.54, 1.807) is 42.7 Å². The summed E-state index contributed by atoms with van der Waals surface area (Å²) in [6, 6.07) is 7.00. The molecule has 0 unspecified atom stereocenters. The van der Waals surface area contributed by atoms with Gasteiger partial charge >= 0.3 is 0 Å². The Kier molecular flexibility index (Phi) is 4.94. The monoisotopic (exact) mass is 430 g/mol. The maximum Gasteiger partial charge on any atom is 0.263 e. The van der Waals surface area contributed by atoms with Gasteiger partial charge in [-0.15, -0.1) is 0 Å². The zero-order chi connectivity index (χ0) is 19.0. The first kappa shape index (κ1) is 18.1. The molecule has 0 bridgehead atoms. The van der Waals surface area contributed by atoms with Crippen molar-refractivity contribution in [1.29, 1.82) is 0 Å². The van der Waals surface area contributed by atoms with Crippen LogP contribution in [-0.4, -0.2) is 15.2 Å². The summed E-state index contributed by atoms with van der Waals surface area (Å²) in [4.78, 5) is 16.5. The van der Waals surface area contributed by atoms with Gasteiger partial charge in [-0.05, 0) is 18.2 Å². The number of amides is 1. The smallest absolute Gasteiger partial charge is 0.263 e. The van der Waals surface area contributed by atoms with E-state index in [0.717, 1.165) is 5.39 Å². The fourth-order valence-corrected chi connectivity index (χ4v) is 3.96. The Labute approximate surface area is 173 Å². The Hall–Kier alpha value is -2.30. The lowest BCUT2D eigenvalue weighted by molar-refractivity contribution is -0.115. The molecule has 1 amide bonds. The van der Waals surface area contributed by atoms with Gasteiger partial charge in [0.05, 0.1) is 26.1 Å². The summed E-state index contributed by atoms with van der Waals surface area (Å²) < 4.78 is 6.30. The number of thiocarbonyl (C=S) groups is 1. The van der Waals surface area contributed by atoms with E-state index in [9.17, 15) is 4.79 Å². The number of nitrogens with zero attached hydrogens (tertiary/aromatic N) is 1. The lowest BCUT2D eigenvalue weighted by atomic mass is 10.2. The average molecular weight is 431 g/mol. The van der Waals surface area contributed by atoms with E-state index in [4.69, 9.17) is 39.8 Å². The van der Waals surface area contributed by atoms with Crippen LogP contribution in [0.15, 0.2) is 46.0 Å². The van der Waals surface area contributed by atoms with Gasteiger partial charge in [-0.2, -0.15) is 0 Å². The van der Waals surface area contributed by atoms with Gasteiger partial charge in [0.1, 0.15) is 10.1 Å². The third kappa shape index (κ3) is 3.73. The number of benzene rings is 1. The van der Waals surface area contributed by atoms with Gasteiger partial charge in [0, 0.05) is 23.9 Å². The highest BCUT2D eigenvalue weighted by atomic mass is 35.5. The van der Waals surface area contributed by atoms with Crippen molar-refractivity contribution < 1.29 is 9.21 Å². The second-order valence-corrected chi connectivity index (χ2v) is 7.99. The zero-order valence-corrected chi connectivity index (χ0v) is 16.5. The molecule has 1 N–H and O–H groups in total. The molecule has 1 aliphatic rings. The van der Waals surface area contributed by atoms with Gasteiger partial charge in [-0.3, -0.25) is 9.78 Å². The van der Waals surface area contributed by atoms with Crippen LogP contribution in [-0.2, 0) is 4.79 Å². The highest BCUT2D eigenvalue weighted by molar-refractivity contribution is 8.26. The summed E-state index contributed by atoms with van der Waals surface area (Å²) in [5.41, 5.74) is 1.70. The molecule has 1 saturated heterocycles. The van der Waals surface area contributed by atoms with Crippen molar-refractivity contribution >= 4 is 74.5 Å². The van der Waals surface area contributed by atoms with Crippen molar-refractivity contribution in [2.75, 3.05) is 0 Å². The second kappa shape index (κ2) is 7.37. The number of aromatic nitrogens is 1. The Morgan fingerprint density at radius 3 is 2.70 bits per heavy atom. The number of carbonyl (C=O) groups is 1. The lowest BCUT2D eigenvalue weighted by Crippen LogP contribution is -2.17. The molecule has 1 aliphatic heterocycles. The molecule has 0 aliphatic carbocycles. The zero-order valence-electron chi connectivity index (χ0n) is 13.4. The highest BCUT2D eigenvalue weighted by Gasteiger charge is 2.22. The molecule has 132 valence electrons. The molecule has 0 radical (unpaired) electrons. The lowest BCUT2D eigenvalue weighted by Gasteiger charge is -1.98. The molecule has 0 saturated carbocycles. The molecule has 0 atom stereocenters. The van der Waals surface area contributed by atoms with E-state index in [0.29, 0.717) is 41.7 Å². The first-order chi connectivity index (χ1) is 13.0. The first-order valence-corrected chi connectivity index (χ1v) is 9.58. The van der Waals surface area contributed by atoms with Crippen LogP contribution in [0.4, 0.5) is 0 Å². The number of pyridine rings is 1. The van der Waals surface area contributed by atoms with Gasteiger partial charge in [0.25, 0.3) is 5.91 Å². The minimum Gasteiger partial charge on any atom is -0.455 e. The van der Waals surface area contributed by atoms with Crippen LogP contribution in [0.1, 0.15) is 16.9 Å². The summed E-state index contributed by atoms with van der Waals surface area (Å²) >= 11 is 18.5. The number of hydrogen-bond donors (Lipinski definition) is 1. The van der Waals surface area contributed by atoms with Crippen LogP contribution in [0.3, 0.4) is 0 Å². The van der Waals surface area contributed by atoms with Crippen molar-refractivity contribution in [2.24, 2.45) is 0 Å². The van der Waals surface area contributed by atoms with Crippen LogP contribution in [0.2, 0.25) is 10.0 Å². The van der Waals surface area contributed by atoms with Gasteiger partial charge in [-0.1, -0.05) is 65.1 Å². The largest absolute Gasteiger partial charge is 0.455 e. The number of rotatable bonds is 1. The van der Waals surface area contributed by atoms with Crippen molar-refractivity contribution in [3.8, 4) is 11.8 Å². The fraction of sp³-hybridized carbons (Fsp3) is 0. The molecule has 3 aromatic rings. The van der Waals surface area contributed by atoms with Crippen molar-refractivity contribution in [1.82, 2.24) is 10.3 Å². The van der Waals surface area contributed by atoms with Crippen LogP contribution in [0, 0.1) is 11.8 Å². The quantitative estimate of drug-likeness (QED) is 0.333. The fourth-order valence-electron chi connectivity index (χ4n) is 2.44. The Morgan fingerprint density at radius 1 is 1.22 bits per heavy atom. The molecule has 2 aromatic heterocycles. The number of carbonyl (C=O) groups excluding carboxylic acids is 1. The molecule has 8 heteroatoms. The van der Waals surface area contributed by atoms with Crippen LogP contribution in [0.5, 0.6) is 0 Å². The number of thioether (sulfide) groups is 1. The first-order valence-electron chi connectivity index (χ1n) is 7.60. The van der Waals surface area contributed by atoms with Crippen molar-refractivity contribution in [3.05, 3.63) is 68.5 Å². The van der Waals surface area contributed by atoms with Gasteiger partial charge in [0.15, 0.2) is 5.58 Å². The number of nitrogens with one attached hydrogen (secondary N) is 1. The molecule has 1 aromatic carbocycles. The van der Waals surface area contributed by atoms with Crippen molar-refractivity contribution in [2.45, 2.75) is 0 Å². The van der Waals surface area contributed by atoms with E-state index in [2.05, 4.69) is 22.1 Å². The van der Waals surface area contributed by atoms with E-state index in [1.165, 1.54) is 11.8 Å². The van der Waals surface area contributed by atoms with E-state index < -0.39 is 0 Å². The number of hydrogen-bond acceptors (Lipinski definition) is 5. The molecule has 1 fully saturated rings. The Balaban J connectivity index is 1.75. The molecule has 4 rings (SSSR count). The molecule has 27 heavy (non-hydrogen) atoms. The number of halogens is 2. The maximum absolute atomic E-state index is 11.8. The van der Waals surface area contributed by atoms with Gasteiger partial charge in [0.2, 0.25) is 0 Å². The Bertz CT molecular complexity index is 1190. The molecule has 0 spiro atoms. The molecule has 3 heterocycles. The van der Waals surface area contributed by atoms with Crippen LogP contribution < -0.4 is 5.32 Å². The van der Waals surface area contributed by atoms with Crippen LogP contribution in [0.25, 0.3) is 17.0 Å². The predicted molar refractivity (Wildman–Crippen MR) is 113 cm³/mol. The topological polar surface area (TPSA) is 55.1 Å². The minimum atomic E-state index is -0.239. The molecule has 4 nitrogen and oxygen atoms in total. The minimum absolute atomic E-state index is 0.239. The van der Waals surface area contributed by atoms with Crippen LogP contribution >= 0.6 is 47.2 Å². The predicted octanol–water partition coefficient (Wildman–Crippen LogP) is 5.02. The Morgan fingerprint density at radius 2 is 2.00 bits per heavy atom. The number of furan rings is 1. The van der Waals surface area contributed by atoms with E-state index in [1.807, 2.05) is 0 Å². The average Bonchev–Trinajstić information content (AvgIpc) is 3.17. The normalized spacial score (nSPS) is 15.1. The number of fused-ring (bicyclic) bond motifs is 1. The maximum atomic E-state index is 11.8. The summed E-state index contributed by atoms with van der Waals surface area (Å²) in [5, 5.41) is 4.28. The molecular weight excluding hydrogens is 423 g/mol. The highest BCUT2D eigenvalue weighted by Crippen LogP contribution is 2.29. The summed E-state index contributed by atoms with van der Waals surface area (Å²) in [7, 11) is 0. The van der Waals surface area contributed by atoms with E-state index >= 15 is 0 Å². The van der Waals surface area contributed by atoms with Gasteiger partial charge in [-0.25, -0.2) is 0 Å². The third-order valence-electron chi connectivity index (χ3n) is 3.64.